The molecule has 4 heterocycles. The minimum atomic E-state index is -0.558. The van der Waals surface area contributed by atoms with E-state index in [0.29, 0.717) is 64.9 Å². The molecule has 3 N–H and O–H groups in total. The molecule has 0 atom stereocenters. The number of hydrogen-bond acceptors (Lipinski definition) is 9. The minimum Gasteiger partial charge on any atom is -0.477 e. The van der Waals surface area contributed by atoms with Crippen molar-refractivity contribution in [3.63, 3.8) is 0 Å². The lowest BCUT2D eigenvalue weighted by atomic mass is 10.1. The van der Waals surface area contributed by atoms with Crippen LogP contribution in [0.2, 0.25) is 0 Å². The Bertz CT molecular complexity index is 1420. The Balaban J connectivity index is 1.49. The van der Waals surface area contributed by atoms with Gasteiger partial charge in [0.1, 0.15) is 11.3 Å². The Morgan fingerprint density at radius 1 is 1.23 bits per heavy atom. The van der Waals surface area contributed by atoms with Crippen molar-refractivity contribution in [3.8, 4) is 17.1 Å². The molecule has 4 rings (SSSR count). The molecular formula is C27H31N5O6S. The van der Waals surface area contributed by atoms with E-state index in [0.717, 1.165) is 5.69 Å². The highest BCUT2D eigenvalue weighted by atomic mass is 32.1. The first-order valence-corrected chi connectivity index (χ1v) is 13.3. The SMILES string of the molecule is CCOC(=O)c1cc(C)[nH]c1/C=C1\C(=O)Nc2ccc(-c3csnc3OCCCNC(=O)OC(C)(C)C)nc21. The monoisotopic (exact) mass is 553 g/mol. The van der Waals surface area contributed by atoms with Crippen molar-refractivity contribution in [2.45, 2.75) is 46.6 Å². The Hall–Kier alpha value is -4.19. The average molecular weight is 554 g/mol. The largest absolute Gasteiger partial charge is 0.477 e. The fraction of sp³-hybridized carbons (Fsp3) is 0.370. The zero-order valence-corrected chi connectivity index (χ0v) is 23.3. The van der Waals surface area contributed by atoms with Gasteiger partial charge in [-0.25, -0.2) is 14.6 Å². The maximum atomic E-state index is 12.8. The van der Waals surface area contributed by atoms with Gasteiger partial charge in [0.15, 0.2) is 0 Å². The van der Waals surface area contributed by atoms with E-state index in [2.05, 4.69) is 20.0 Å². The standard InChI is InChI=1S/C27H31N5O6S/c1-6-36-25(34)16-12-15(2)29-21(16)13-17-22-20(31-23(17)33)9-8-19(30-22)18-14-39-32-24(18)37-11-7-10-28-26(35)38-27(3,4)5/h8-9,12-14,29H,6-7,10-11H2,1-5H3,(H,28,35)(H,31,33)/b17-13-. The number of aromatic nitrogens is 3. The highest BCUT2D eigenvalue weighted by Crippen LogP contribution is 2.36. The maximum absolute atomic E-state index is 12.8. The van der Waals surface area contributed by atoms with Crippen LogP contribution in [-0.2, 0) is 14.3 Å². The Morgan fingerprint density at radius 2 is 2.03 bits per heavy atom. The molecule has 0 radical (unpaired) electrons. The van der Waals surface area contributed by atoms with E-state index in [4.69, 9.17) is 19.2 Å². The van der Waals surface area contributed by atoms with Crippen molar-refractivity contribution in [1.82, 2.24) is 19.7 Å². The molecule has 2 amide bonds. The van der Waals surface area contributed by atoms with Crippen LogP contribution >= 0.6 is 11.5 Å². The second-order valence-corrected chi connectivity index (χ2v) is 10.4. The number of alkyl carbamates (subject to hydrolysis) is 1. The van der Waals surface area contributed by atoms with Gasteiger partial charge >= 0.3 is 12.1 Å². The summed E-state index contributed by atoms with van der Waals surface area (Å²) in [7, 11) is 0. The number of fused-ring (bicyclic) bond motifs is 1. The quantitative estimate of drug-likeness (QED) is 0.195. The van der Waals surface area contributed by atoms with Gasteiger partial charge < -0.3 is 29.8 Å². The first kappa shape index (κ1) is 27.8. The number of H-pyrrole nitrogens is 1. The maximum Gasteiger partial charge on any atom is 0.407 e. The molecule has 0 bridgehead atoms. The molecule has 0 unspecified atom stereocenters. The van der Waals surface area contributed by atoms with Crippen LogP contribution in [0.15, 0.2) is 23.6 Å². The van der Waals surface area contributed by atoms with E-state index in [1.807, 2.05) is 12.3 Å². The molecule has 3 aromatic rings. The number of amides is 2. The molecular weight excluding hydrogens is 522 g/mol. The molecule has 0 fully saturated rings. The summed E-state index contributed by atoms with van der Waals surface area (Å²) in [6, 6.07) is 5.24. The number of anilines is 1. The number of aromatic amines is 1. The third-order valence-electron chi connectivity index (χ3n) is 5.45. The van der Waals surface area contributed by atoms with Gasteiger partial charge in [-0.2, -0.15) is 4.37 Å². The van der Waals surface area contributed by atoms with Crippen molar-refractivity contribution < 1.29 is 28.6 Å². The van der Waals surface area contributed by atoms with E-state index in [1.165, 1.54) is 11.5 Å². The number of carbonyl (C=O) groups is 3. The van der Waals surface area contributed by atoms with Crippen molar-refractivity contribution in [2.24, 2.45) is 0 Å². The molecule has 3 aromatic heterocycles. The van der Waals surface area contributed by atoms with Crippen molar-refractivity contribution >= 4 is 46.8 Å². The fourth-order valence-corrected chi connectivity index (χ4v) is 4.47. The molecule has 39 heavy (non-hydrogen) atoms. The number of aryl methyl sites for hydroxylation is 1. The number of nitrogens with one attached hydrogen (secondary N) is 3. The molecule has 0 saturated carbocycles. The van der Waals surface area contributed by atoms with E-state index in [1.54, 1.807) is 52.0 Å². The molecule has 0 spiro atoms. The van der Waals surface area contributed by atoms with E-state index in [9.17, 15) is 14.4 Å². The van der Waals surface area contributed by atoms with Crippen LogP contribution in [0.4, 0.5) is 10.5 Å². The Morgan fingerprint density at radius 3 is 2.77 bits per heavy atom. The number of rotatable bonds is 9. The lowest BCUT2D eigenvalue weighted by Crippen LogP contribution is -2.33. The number of hydrogen-bond donors (Lipinski definition) is 3. The summed E-state index contributed by atoms with van der Waals surface area (Å²) >= 11 is 1.23. The van der Waals surface area contributed by atoms with Crippen LogP contribution in [0.25, 0.3) is 22.9 Å². The van der Waals surface area contributed by atoms with Crippen molar-refractivity contribution in [3.05, 3.63) is 46.2 Å². The highest BCUT2D eigenvalue weighted by Gasteiger charge is 2.28. The molecule has 206 valence electrons. The van der Waals surface area contributed by atoms with E-state index < -0.39 is 17.7 Å². The summed E-state index contributed by atoms with van der Waals surface area (Å²) in [5, 5.41) is 7.34. The van der Waals surface area contributed by atoms with Crippen LogP contribution < -0.4 is 15.4 Å². The van der Waals surface area contributed by atoms with Gasteiger partial charge in [0.25, 0.3) is 5.91 Å². The van der Waals surface area contributed by atoms with Crippen LogP contribution in [-0.4, -0.2) is 57.7 Å². The van der Waals surface area contributed by atoms with Gasteiger partial charge in [-0.05, 0) is 76.8 Å². The Kier molecular flexibility index (Phi) is 8.34. The molecule has 1 aliphatic rings. The van der Waals surface area contributed by atoms with Gasteiger partial charge in [-0.3, -0.25) is 4.79 Å². The van der Waals surface area contributed by atoms with E-state index in [-0.39, 0.29) is 12.5 Å². The smallest absolute Gasteiger partial charge is 0.407 e. The van der Waals surface area contributed by atoms with Crippen molar-refractivity contribution in [2.75, 3.05) is 25.1 Å². The second-order valence-electron chi connectivity index (χ2n) is 9.77. The predicted molar refractivity (Wildman–Crippen MR) is 148 cm³/mol. The molecule has 0 saturated heterocycles. The molecule has 1 aliphatic heterocycles. The van der Waals surface area contributed by atoms with Crippen LogP contribution in [0.5, 0.6) is 5.88 Å². The second kappa shape index (κ2) is 11.7. The van der Waals surface area contributed by atoms with Crippen LogP contribution in [0.1, 0.15) is 61.6 Å². The number of carbonyl (C=O) groups excluding carboxylic acids is 3. The molecule has 0 aromatic carbocycles. The molecule has 12 heteroatoms. The summed E-state index contributed by atoms with van der Waals surface area (Å²) in [6.07, 6.45) is 1.69. The first-order chi connectivity index (χ1) is 18.6. The third kappa shape index (κ3) is 6.82. The van der Waals surface area contributed by atoms with Gasteiger partial charge in [-0.15, -0.1) is 0 Å². The third-order valence-corrected chi connectivity index (χ3v) is 6.06. The van der Waals surface area contributed by atoms with Gasteiger partial charge in [0.05, 0.1) is 47.0 Å². The summed E-state index contributed by atoms with van der Waals surface area (Å²) < 4.78 is 20.6. The van der Waals surface area contributed by atoms with Crippen LogP contribution in [0.3, 0.4) is 0 Å². The summed E-state index contributed by atoms with van der Waals surface area (Å²) in [5.41, 5.74) is 3.63. The first-order valence-electron chi connectivity index (χ1n) is 12.5. The van der Waals surface area contributed by atoms with E-state index >= 15 is 0 Å². The number of nitrogens with zero attached hydrogens (tertiary/aromatic N) is 2. The lowest BCUT2D eigenvalue weighted by Gasteiger charge is -2.19. The highest BCUT2D eigenvalue weighted by molar-refractivity contribution is 7.04. The zero-order chi connectivity index (χ0) is 28.2. The minimum absolute atomic E-state index is 0.243. The topological polar surface area (TPSA) is 145 Å². The van der Waals surface area contributed by atoms with Gasteiger partial charge in [0.2, 0.25) is 5.88 Å². The van der Waals surface area contributed by atoms with Crippen molar-refractivity contribution in [1.29, 1.82) is 0 Å². The number of pyridine rings is 1. The normalized spacial score (nSPS) is 13.7. The zero-order valence-electron chi connectivity index (χ0n) is 22.5. The summed E-state index contributed by atoms with van der Waals surface area (Å²) in [6.45, 7) is 9.93. The molecule has 11 nitrogen and oxygen atoms in total. The predicted octanol–water partition coefficient (Wildman–Crippen LogP) is 4.80. The summed E-state index contributed by atoms with van der Waals surface area (Å²) in [4.78, 5) is 44.9. The lowest BCUT2D eigenvalue weighted by molar-refractivity contribution is -0.110. The Labute approximate surface area is 230 Å². The average Bonchev–Trinajstić information content (AvgIpc) is 3.55. The number of esters is 1. The van der Waals surface area contributed by atoms with Crippen LogP contribution in [0, 0.1) is 6.92 Å². The fourth-order valence-electron chi connectivity index (χ4n) is 3.84. The molecule has 0 aliphatic carbocycles. The van der Waals surface area contributed by atoms with Gasteiger partial charge in [0, 0.05) is 17.6 Å². The summed E-state index contributed by atoms with van der Waals surface area (Å²) in [5.74, 6) is -0.382. The van der Waals surface area contributed by atoms with Gasteiger partial charge in [-0.1, -0.05) is 0 Å². The number of ether oxygens (including phenoxy) is 3.